The summed E-state index contributed by atoms with van der Waals surface area (Å²) >= 11 is 1.26. The molecule has 10 heteroatoms. The zero-order valence-electron chi connectivity index (χ0n) is 16.7. The van der Waals surface area contributed by atoms with Crippen LogP contribution in [0.5, 0.6) is 0 Å². The molecule has 1 fully saturated rings. The monoisotopic (exact) mass is 458 g/mol. The number of benzene rings is 2. The molecule has 1 heterocycles. The van der Waals surface area contributed by atoms with E-state index in [-0.39, 0.29) is 28.2 Å². The highest BCUT2D eigenvalue weighted by molar-refractivity contribution is 7.99. The van der Waals surface area contributed by atoms with Crippen LogP contribution in [0.3, 0.4) is 0 Å². The number of para-hydroxylation sites is 1. The Morgan fingerprint density at radius 1 is 1.16 bits per heavy atom. The Morgan fingerprint density at radius 2 is 1.87 bits per heavy atom. The van der Waals surface area contributed by atoms with Crippen molar-refractivity contribution < 1.29 is 13.2 Å². The second kappa shape index (κ2) is 8.81. The molecule has 4 rings (SSSR count). The third-order valence-electron chi connectivity index (χ3n) is 5.01. The average molecular weight is 459 g/mol. The SMILES string of the molecule is NS(=O)(=O)c1ccc(CCNC(=O)CSc2nc3ccccc3c(=O)n2C2CC2)cc1. The molecule has 0 unspecified atom stereocenters. The number of hydrogen-bond donors (Lipinski definition) is 2. The van der Waals surface area contributed by atoms with E-state index in [4.69, 9.17) is 5.14 Å². The van der Waals surface area contributed by atoms with Crippen LogP contribution in [0.1, 0.15) is 24.4 Å². The van der Waals surface area contributed by atoms with E-state index < -0.39 is 10.0 Å². The molecule has 1 aromatic heterocycles. The van der Waals surface area contributed by atoms with E-state index in [9.17, 15) is 18.0 Å². The van der Waals surface area contributed by atoms with Crippen molar-refractivity contribution in [3.8, 4) is 0 Å². The van der Waals surface area contributed by atoms with Gasteiger partial charge in [0.15, 0.2) is 5.16 Å². The van der Waals surface area contributed by atoms with Crippen LogP contribution in [0.2, 0.25) is 0 Å². The van der Waals surface area contributed by atoms with Crippen LogP contribution < -0.4 is 16.0 Å². The average Bonchev–Trinajstić information content (AvgIpc) is 3.57. The second-order valence-corrected chi connectivity index (χ2v) is 9.90. The zero-order chi connectivity index (χ0) is 22.0. The van der Waals surface area contributed by atoms with Gasteiger partial charge in [-0.15, -0.1) is 0 Å². The molecule has 31 heavy (non-hydrogen) atoms. The van der Waals surface area contributed by atoms with Crippen molar-refractivity contribution in [2.75, 3.05) is 12.3 Å². The minimum atomic E-state index is -3.71. The number of rotatable bonds is 8. The molecule has 2 aromatic carbocycles. The molecule has 1 aliphatic carbocycles. The maximum absolute atomic E-state index is 12.9. The van der Waals surface area contributed by atoms with E-state index in [1.54, 1.807) is 28.8 Å². The summed E-state index contributed by atoms with van der Waals surface area (Å²) in [7, 11) is -3.71. The van der Waals surface area contributed by atoms with Gasteiger partial charge in [0, 0.05) is 12.6 Å². The summed E-state index contributed by atoms with van der Waals surface area (Å²) in [6.45, 7) is 0.411. The Labute approximate surface area is 183 Å². The van der Waals surface area contributed by atoms with Gasteiger partial charge in [-0.3, -0.25) is 14.2 Å². The lowest BCUT2D eigenvalue weighted by atomic mass is 10.1. The Kier molecular flexibility index (Phi) is 6.12. The predicted octanol–water partition coefficient (Wildman–Crippen LogP) is 1.83. The van der Waals surface area contributed by atoms with Crippen molar-refractivity contribution >= 4 is 38.6 Å². The quantitative estimate of drug-likeness (QED) is 0.392. The molecule has 0 atom stereocenters. The second-order valence-electron chi connectivity index (χ2n) is 7.40. The molecule has 3 N–H and O–H groups in total. The molecular weight excluding hydrogens is 436 g/mol. The third kappa shape index (κ3) is 5.15. The Morgan fingerprint density at radius 3 is 2.55 bits per heavy atom. The number of hydrogen-bond acceptors (Lipinski definition) is 6. The van der Waals surface area contributed by atoms with Crippen molar-refractivity contribution in [3.05, 3.63) is 64.4 Å². The first kappa shape index (κ1) is 21.5. The van der Waals surface area contributed by atoms with Crippen molar-refractivity contribution in [1.82, 2.24) is 14.9 Å². The molecule has 0 radical (unpaired) electrons. The summed E-state index contributed by atoms with van der Waals surface area (Å²) in [5.74, 6) is -0.00195. The summed E-state index contributed by atoms with van der Waals surface area (Å²) in [4.78, 5) is 29.8. The molecule has 0 saturated heterocycles. The Bertz CT molecular complexity index is 1280. The van der Waals surface area contributed by atoms with Crippen LogP contribution in [0.25, 0.3) is 10.9 Å². The van der Waals surface area contributed by atoms with Crippen LogP contribution in [0.15, 0.2) is 63.4 Å². The number of carbonyl (C=O) groups is 1. The molecule has 162 valence electrons. The topological polar surface area (TPSA) is 124 Å². The number of carbonyl (C=O) groups excluding carboxylic acids is 1. The highest BCUT2D eigenvalue weighted by Gasteiger charge is 2.28. The molecule has 8 nitrogen and oxygen atoms in total. The summed E-state index contributed by atoms with van der Waals surface area (Å²) in [5, 5.41) is 9.10. The van der Waals surface area contributed by atoms with Crippen molar-refractivity contribution in [2.24, 2.45) is 5.14 Å². The van der Waals surface area contributed by atoms with Gasteiger partial charge in [0.25, 0.3) is 5.56 Å². The van der Waals surface area contributed by atoms with Gasteiger partial charge in [0.2, 0.25) is 15.9 Å². The van der Waals surface area contributed by atoms with Crippen LogP contribution in [-0.4, -0.2) is 36.2 Å². The van der Waals surface area contributed by atoms with Crippen molar-refractivity contribution in [3.63, 3.8) is 0 Å². The lowest BCUT2D eigenvalue weighted by molar-refractivity contribution is -0.118. The van der Waals surface area contributed by atoms with Gasteiger partial charge in [0.05, 0.1) is 21.6 Å². The molecule has 0 aliphatic heterocycles. The molecular formula is C21H22N4O4S2. The summed E-state index contributed by atoms with van der Waals surface area (Å²) < 4.78 is 24.3. The molecule has 0 spiro atoms. The summed E-state index contributed by atoms with van der Waals surface area (Å²) in [5.41, 5.74) is 1.47. The molecule has 3 aromatic rings. The van der Waals surface area contributed by atoms with Crippen molar-refractivity contribution in [2.45, 2.75) is 35.4 Å². The fraction of sp³-hybridized carbons (Fsp3) is 0.286. The van der Waals surface area contributed by atoms with E-state index >= 15 is 0 Å². The normalized spacial score (nSPS) is 14.0. The smallest absolute Gasteiger partial charge is 0.262 e. The Hall–Kier alpha value is -2.69. The van der Waals surface area contributed by atoms with Gasteiger partial charge in [-0.1, -0.05) is 36.0 Å². The van der Waals surface area contributed by atoms with E-state index in [2.05, 4.69) is 10.3 Å². The van der Waals surface area contributed by atoms with Gasteiger partial charge >= 0.3 is 0 Å². The number of nitrogens with zero attached hydrogens (tertiary/aromatic N) is 2. The largest absolute Gasteiger partial charge is 0.355 e. The minimum absolute atomic E-state index is 0.0565. The van der Waals surface area contributed by atoms with Crippen LogP contribution in [-0.2, 0) is 21.2 Å². The van der Waals surface area contributed by atoms with E-state index in [0.717, 1.165) is 18.4 Å². The molecule has 0 bridgehead atoms. The number of sulfonamides is 1. The third-order valence-corrected chi connectivity index (χ3v) is 6.89. The van der Waals surface area contributed by atoms with Gasteiger partial charge in [-0.05, 0) is 49.1 Å². The lowest BCUT2D eigenvalue weighted by Crippen LogP contribution is -2.28. The number of thioether (sulfide) groups is 1. The number of fused-ring (bicyclic) bond motifs is 1. The molecule has 1 saturated carbocycles. The van der Waals surface area contributed by atoms with E-state index in [0.29, 0.717) is 29.0 Å². The Balaban J connectivity index is 1.35. The number of nitrogens with one attached hydrogen (secondary N) is 1. The van der Waals surface area contributed by atoms with E-state index in [1.807, 2.05) is 12.1 Å². The first-order chi connectivity index (χ1) is 14.8. The van der Waals surface area contributed by atoms with E-state index in [1.165, 1.54) is 23.9 Å². The maximum atomic E-state index is 12.9. The fourth-order valence-corrected chi connectivity index (χ4v) is 4.67. The lowest BCUT2D eigenvalue weighted by Gasteiger charge is -2.12. The van der Waals surface area contributed by atoms with Crippen LogP contribution in [0.4, 0.5) is 0 Å². The van der Waals surface area contributed by atoms with Gasteiger partial charge in [0.1, 0.15) is 0 Å². The van der Waals surface area contributed by atoms with Crippen LogP contribution >= 0.6 is 11.8 Å². The highest BCUT2D eigenvalue weighted by Crippen LogP contribution is 2.36. The summed E-state index contributed by atoms with van der Waals surface area (Å²) in [6, 6.07) is 13.7. The fourth-order valence-electron chi connectivity index (χ4n) is 3.26. The predicted molar refractivity (Wildman–Crippen MR) is 120 cm³/mol. The maximum Gasteiger partial charge on any atom is 0.262 e. The van der Waals surface area contributed by atoms with Gasteiger partial charge < -0.3 is 5.32 Å². The number of nitrogens with two attached hydrogens (primary N) is 1. The number of aromatic nitrogens is 2. The van der Waals surface area contributed by atoms with Gasteiger partial charge in [-0.25, -0.2) is 18.5 Å². The van der Waals surface area contributed by atoms with Crippen molar-refractivity contribution in [1.29, 1.82) is 0 Å². The first-order valence-electron chi connectivity index (χ1n) is 9.85. The number of amides is 1. The first-order valence-corrected chi connectivity index (χ1v) is 12.4. The zero-order valence-corrected chi connectivity index (χ0v) is 18.3. The summed E-state index contributed by atoms with van der Waals surface area (Å²) in [6.07, 6.45) is 2.45. The molecule has 1 aliphatic rings. The minimum Gasteiger partial charge on any atom is -0.355 e. The number of primary sulfonamides is 1. The standard InChI is InChI=1S/C21H22N4O4S2/c22-31(28,29)16-9-5-14(6-10-16)11-12-23-19(26)13-30-21-24-18-4-2-1-3-17(18)20(27)25(21)15-7-8-15/h1-6,9-10,15H,7-8,11-13H2,(H,23,26)(H2,22,28,29). The highest BCUT2D eigenvalue weighted by atomic mass is 32.2. The van der Waals surface area contributed by atoms with Crippen LogP contribution in [0, 0.1) is 0 Å². The van der Waals surface area contributed by atoms with Gasteiger partial charge in [-0.2, -0.15) is 0 Å². The molecule has 1 amide bonds.